The van der Waals surface area contributed by atoms with Crippen molar-refractivity contribution in [2.45, 2.75) is 51.8 Å². The highest BCUT2D eigenvalue weighted by atomic mass is 16.5. The van der Waals surface area contributed by atoms with Crippen LogP contribution < -0.4 is 5.32 Å². The molecule has 1 N–H and O–H groups in total. The highest BCUT2D eigenvalue weighted by Crippen LogP contribution is 2.20. The van der Waals surface area contributed by atoms with Gasteiger partial charge in [-0.25, -0.2) is 0 Å². The van der Waals surface area contributed by atoms with Crippen LogP contribution in [0.25, 0.3) is 0 Å². The predicted molar refractivity (Wildman–Crippen MR) is 114 cm³/mol. The number of nitrogens with zero attached hydrogens (tertiary/aromatic N) is 1. The molecule has 0 bridgehead atoms. The number of hydrogen-bond donors (Lipinski definition) is 1. The molecule has 0 spiro atoms. The molecule has 0 radical (unpaired) electrons. The smallest absolute Gasteiger partial charge is 0.308 e. The molecule has 2 amide bonds. The lowest BCUT2D eigenvalue weighted by Gasteiger charge is -2.20. The van der Waals surface area contributed by atoms with E-state index < -0.39 is 6.04 Å². The second kappa shape index (κ2) is 10.1. The van der Waals surface area contributed by atoms with Gasteiger partial charge in [-0.15, -0.1) is 0 Å². The molecule has 1 saturated heterocycles. The van der Waals surface area contributed by atoms with Crippen molar-refractivity contribution in [1.29, 1.82) is 0 Å². The topological polar surface area (TPSA) is 75.7 Å². The van der Waals surface area contributed by atoms with E-state index in [0.717, 1.165) is 24.1 Å². The lowest BCUT2D eigenvalue weighted by Crippen LogP contribution is -2.31. The molecule has 3 rings (SSSR count). The van der Waals surface area contributed by atoms with Crippen LogP contribution in [0.5, 0.6) is 0 Å². The first-order chi connectivity index (χ1) is 14.4. The molecule has 0 aliphatic carbocycles. The Morgan fingerprint density at radius 2 is 1.87 bits per heavy atom. The molecule has 6 nitrogen and oxygen atoms in total. The van der Waals surface area contributed by atoms with Crippen LogP contribution in [0, 0.1) is 0 Å². The molecule has 1 heterocycles. The van der Waals surface area contributed by atoms with Crippen LogP contribution in [-0.4, -0.2) is 35.3 Å². The summed E-state index contributed by atoms with van der Waals surface area (Å²) >= 11 is 0. The largest absolute Gasteiger partial charge is 0.463 e. The van der Waals surface area contributed by atoms with Gasteiger partial charge in [0, 0.05) is 25.1 Å². The average Bonchev–Trinajstić information content (AvgIpc) is 3.12. The maximum Gasteiger partial charge on any atom is 0.308 e. The van der Waals surface area contributed by atoms with E-state index in [1.165, 1.54) is 0 Å². The molecule has 2 aromatic carbocycles. The van der Waals surface area contributed by atoms with Gasteiger partial charge in [0.15, 0.2) is 0 Å². The number of hydrogen-bond acceptors (Lipinski definition) is 4. The average molecular weight is 408 g/mol. The maximum atomic E-state index is 12.9. The number of amides is 2. The van der Waals surface area contributed by atoms with Crippen LogP contribution in [-0.2, 0) is 20.9 Å². The third-order valence-electron chi connectivity index (χ3n) is 4.98. The molecular formula is C24H28N2O4. The lowest BCUT2D eigenvalue weighted by atomic mass is 10.0. The first-order valence-corrected chi connectivity index (χ1v) is 10.3. The number of carbonyl (C=O) groups excluding carboxylic acids is 3. The minimum atomic E-state index is -0.492. The minimum Gasteiger partial charge on any atom is -0.463 e. The molecule has 0 aromatic heterocycles. The minimum absolute atomic E-state index is 0.0515. The van der Waals surface area contributed by atoms with Crippen molar-refractivity contribution < 1.29 is 19.1 Å². The normalized spacial score (nSPS) is 14.6. The summed E-state index contributed by atoms with van der Waals surface area (Å²) < 4.78 is 5.27. The molecule has 2 aromatic rings. The molecule has 1 unspecified atom stereocenters. The zero-order valence-electron chi connectivity index (χ0n) is 17.5. The Morgan fingerprint density at radius 3 is 2.53 bits per heavy atom. The summed E-state index contributed by atoms with van der Waals surface area (Å²) in [5, 5.41) is 2.96. The van der Waals surface area contributed by atoms with Crippen LogP contribution in [0.4, 0.5) is 0 Å². The van der Waals surface area contributed by atoms with Crippen molar-refractivity contribution >= 4 is 17.8 Å². The van der Waals surface area contributed by atoms with E-state index in [-0.39, 0.29) is 30.3 Å². The lowest BCUT2D eigenvalue weighted by molar-refractivity contribution is -0.148. The van der Waals surface area contributed by atoms with Gasteiger partial charge < -0.3 is 15.0 Å². The van der Waals surface area contributed by atoms with E-state index in [1.54, 1.807) is 26.0 Å². The van der Waals surface area contributed by atoms with Crippen LogP contribution in [0.15, 0.2) is 54.6 Å². The van der Waals surface area contributed by atoms with Crippen molar-refractivity contribution in [2.75, 3.05) is 6.54 Å². The number of rotatable bonds is 8. The Kier molecular flexibility index (Phi) is 7.22. The number of nitrogens with one attached hydrogen (secondary N) is 1. The fourth-order valence-electron chi connectivity index (χ4n) is 3.56. The highest BCUT2D eigenvalue weighted by Gasteiger charge is 2.22. The summed E-state index contributed by atoms with van der Waals surface area (Å²) in [4.78, 5) is 38.9. The summed E-state index contributed by atoms with van der Waals surface area (Å²) in [6.45, 7) is 4.85. The molecule has 1 atom stereocenters. The maximum absolute atomic E-state index is 12.9. The first kappa shape index (κ1) is 21.6. The van der Waals surface area contributed by atoms with Crippen LogP contribution in [0.2, 0.25) is 0 Å². The number of likely N-dealkylation sites (tertiary alicyclic amines) is 1. The Bertz CT molecular complexity index is 895. The Morgan fingerprint density at radius 1 is 1.10 bits per heavy atom. The van der Waals surface area contributed by atoms with Crippen molar-refractivity contribution in [3.8, 4) is 0 Å². The monoisotopic (exact) mass is 408 g/mol. The summed E-state index contributed by atoms with van der Waals surface area (Å²) in [6, 6.07) is 16.2. The molecule has 1 aliphatic heterocycles. The van der Waals surface area contributed by atoms with Gasteiger partial charge in [0.25, 0.3) is 5.91 Å². The first-order valence-electron chi connectivity index (χ1n) is 10.3. The Balaban J connectivity index is 1.72. The van der Waals surface area contributed by atoms with Crippen molar-refractivity contribution in [2.24, 2.45) is 0 Å². The second-order valence-electron chi connectivity index (χ2n) is 7.80. The van der Waals surface area contributed by atoms with Crippen molar-refractivity contribution in [3.05, 3.63) is 71.3 Å². The van der Waals surface area contributed by atoms with E-state index in [0.29, 0.717) is 18.5 Å². The standard InChI is InChI=1S/C24H28N2O4/c1-17(2)30-23(28)15-21(19-9-4-3-5-10-19)25-24(29)20-11-6-8-18(14-20)16-26-13-7-12-22(26)27/h3-6,8-11,14,17,21H,7,12-13,15-16H2,1-2H3,(H,25,29). The zero-order valence-corrected chi connectivity index (χ0v) is 17.5. The Hall–Kier alpha value is -3.15. The van der Waals surface area contributed by atoms with Gasteiger partial charge in [-0.1, -0.05) is 42.5 Å². The van der Waals surface area contributed by atoms with Gasteiger partial charge in [0.2, 0.25) is 5.91 Å². The third-order valence-corrected chi connectivity index (χ3v) is 4.98. The predicted octanol–water partition coefficient (Wildman–Crippen LogP) is 3.62. The second-order valence-corrected chi connectivity index (χ2v) is 7.80. The quantitative estimate of drug-likeness (QED) is 0.677. The van der Waals surface area contributed by atoms with Crippen molar-refractivity contribution in [1.82, 2.24) is 10.2 Å². The molecule has 158 valence electrons. The van der Waals surface area contributed by atoms with E-state index in [4.69, 9.17) is 4.74 Å². The van der Waals surface area contributed by atoms with Gasteiger partial charge in [-0.2, -0.15) is 0 Å². The number of carbonyl (C=O) groups is 3. The van der Waals surface area contributed by atoms with Crippen LogP contribution >= 0.6 is 0 Å². The van der Waals surface area contributed by atoms with Gasteiger partial charge in [0.1, 0.15) is 0 Å². The molecule has 6 heteroatoms. The summed E-state index contributed by atoms with van der Waals surface area (Å²) in [5.41, 5.74) is 2.25. The SMILES string of the molecule is CC(C)OC(=O)CC(NC(=O)c1cccc(CN2CCCC2=O)c1)c1ccccc1. The van der Waals surface area contributed by atoms with Crippen LogP contribution in [0.3, 0.4) is 0 Å². The Labute approximate surface area is 177 Å². The molecule has 1 aliphatic rings. The highest BCUT2D eigenvalue weighted by molar-refractivity contribution is 5.95. The van der Waals surface area contributed by atoms with E-state index in [2.05, 4.69) is 5.32 Å². The fraction of sp³-hybridized carbons (Fsp3) is 0.375. The van der Waals surface area contributed by atoms with Crippen LogP contribution in [0.1, 0.15) is 60.6 Å². The van der Waals surface area contributed by atoms with Gasteiger partial charge in [-0.05, 0) is 43.5 Å². The summed E-state index contributed by atoms with van der Waals surface area (Å²) in [7, 11) is 0. The molecule has 30 heavy (non-hydrogen) atoms. The third kappa shape index (κ3) is 5.92. The van der Waals surface area contributed by atoms with E-state index in [1.807, 2.05) is 47.4 Å². The summed E-state index contributed by atoms with van der Waals surface area (Å²) in [6.07, 6.45) is 1.31. The van der Waals surface area contributed by atoms with Gasteiger partial charge in [0.05, 0.1) is 18.6 Å². The number of esters is 1. The zero-order chi connectivity index (χ0) is 21.5. The van der Waals surface area contributed by atoms with Gasteiger partial charge >= 0.3 is 5.97 Å². The molecular weight excluding hydrogens is 380 g/mol. The fourth-order valence-corrected chi connectivity index (χ4v) is 3.56. The number of benzene rings is 2. The molecule has 1 fully saturated rings. The molecule has 0 saturated carbocycles. The van der Waals surface area contributed by atoms with E-state index >= 15 is 0 Å². The number of ether oxygens (including phenoxy) is 1. The van der Waals surface area contributed by atoms with Crippen molar-refractivity contribution in [3.63, 3.8) is 0 Å². The van der Waals surface area contributed by atoms with Gasteiger partial charge in [-0.3, -0.25) is 14.4 Å². The summed E-state index contributed by atoms with van der Waals surface area (Å²) in [5.74, 6) is -0.478. The van der Waals surface area contributed by atoms with E-state index in [9.17, 15) is 14.4 Å².